The molecule has 0 radical (unpaired) electrons. The average molecular weight is 781 g/mol. The van der Waals surface area contributed by atoms with Gasteiger partial charge in [-0.15, -0.1) is 0 Å². The zero-order valence-corrected chi connectivity index (χ0v) is 35.4. The van der Waals surface area contributed by atoms with Gasteiger partial charge in [0.2, 0.25) is 0 Å². The molecule has 5 rings (SSSR count). The first-order chi connectivity index (χ1) is 26.8. The van der Waals surface area contributed by atoms with Crippen molar-refractivity contribution in [2.45, 2.75) is 105 Å². The van der Waals surface area contributed by atoms with E-state index in [4.69, 9.17) is 4.74 Å². The first kappa shape index (κ1) is 46.2. The van der Waals surface area contributed by atoms with Gasteiger partial charge in [0.25, 0.3) is 5.91 Å². The molecule has 1 aliphatic carbocycles. The smallest absolute Gasteiger partial charge is 0.333 e. The van der Waals surface area contributed by atoms with Crippen LogP contribution in [-0.4, -0.2) is 66.3 Å². The predicted molar refractivity (Wildman–Crippen MR) is 237 cm³/mol. The third-order valence-electron chi connectivity index (χ3n) is 10.6. The van der Waals surface area contributed by atoms with E-state index in [0.29, 0.717) is 5.57 Å². The minimum Gasteiger partial charge on any atom is -0.457 e. The Balaban J connectivity index is 0.000000699. The van der Waals surface area contributed by atoms with Crippen LogP contribution in [0.1, 0.15) is 104 Å². The predicted octanol–water partition coefficient (Wildman–Crippen LogP) is 10.4. The molecule has 9 heteroatoms. The normalized spacial score (nSPS) is 15.1. The molecule has 3 N–H and O–H groups in total. The summed E-state index contributed by atoms with van der Waals surface area (Å²) in [5.74, 6) is -0.942. The van der Waals surface area contributed by atoms with Crippen molar-refractivity contribution in [1.29, 1.82) is 0 Å². The van der Waals surface area contributed by atoms with Crippen LogP contribution in [0.4, 0.5) is 21.5 Å². The second-order valence-corrected chi connectivity index (χ2v) is 15.5. The summed E-state index contributed by atoms with van der Waals surface area (Å²) in [4.78, 5) is 27.8. The topological polar surface area (TPSA) is 96.6 Å². The molecule has 2 unspecified atom stereocenters. The fourth-order valence-corrected chi connectivity index (χ4v) is 7.44. The van der Waals surface area contributed by atoms with Crippen LogP contribution in [0.3, 0.4) is 0 Å². The molecule has 1 fully saturated rings. The lowest BCUT2D eigenvalue weighted by Crippen LogP contribution is -2.40. The maximum atomic E-state index is 12.7. The van der Waals surface area contributed by atoms with Crippen LogP contribution in [0.25, 0.3) is 10.8 Å². The third-order valence-corrected chi connectivity index (χ3v) is 10.6. The van der Waals surface area contributed by atoms with Crippen LogP contribution in [0.2, 0.25) is 0 Å². The highest BCUT2D eigenvalue weighted by Gasteiger charge is 2.30. The molecule has 308 valence electrons. The lowest BCUT2D eigenvalue weighted by molar-refractivity contribution is -0.152. The number of amides is 1. The van der Waals surface area contributed by atoms with Gasteiger partial charge in [0.05, 0.1) is 11.6 Å². The molecule has 1 saturated carbocycles. The van der Waals surface area contributed by atoms with E-state index >= 15 is 0 Å². The second-order valence-electron chi connectivity index (χ2n) is 15.5. The van der Waals surface area contributed by atoms with E-state index in [0.717, 1.165) is 63.6 Å². The lowest BCUT2D eigenvalue weighted by atomic mass is 9.82. The van der Waals surface area contributed by atoms with Crippen molar-refractivity contribution >= 4 is 39.7 Å². The lowest BCUT2D eigenvalue weighted by Gasteiger charge is -2.33. The highest BCUT2D eigenvalue weighted by molar-refractivity contribution is 5.97. The molecule has 0 bridgehead atoms. The number of carbonyl (C=O) groups is 2. The summed E-state index contributed by atoms with van der Waals surface area (Å²) < 4.78 is 18.6. The Morgan fingerprint density at radius 1 is 0.807 bits per heavy atom. The van der Waals surface area contributed by atoms with Gasteiger partial charge < -0.3 is 25.3 Å². The first-order valence-corrected chi connectivity index (χ1v) is 20.2. The Labute approximate surface area is 340 Å². The largest absolute Gasteiger partial charge is 0.457 e. The molecule has 1 amide bonds. The number of benzene rings is 4. The first-order valence-electron chi connectivity index (χ1n) is 20.2. The van der Waals surface area contributed by atoms with Crippen molar-refractivity contribution in [3.05, 3.63) is 126 Å². The summed E-state index contributed by atoms with van der Waals surface area (Å²) in [6, 6.07) is 31.6. The Kier molecular flexibility index (Phi) is 17.4. The van der Waals surface area contributed by atoms with Crippen molar-refractivity contribution in [1.82, 2.24) is 5.12 Å². The minimum atomic E-state index is -0.773. The van der Waals surface area contributed by atoms with E-state index in [1.54, 1.807) is 27.7 Å². The van der Waals surface area contributed by atoms with Crippen LogP contribution in [0.15, 0.2) is 110 Å². The summed E-state index contributed by atoms with van der Waals surface area (Å²) in [5.41, 5.74) is 7.08. The molecule has 57 heavy (non-hydrogen) atoms. The molecule has 0 saturated heterocycles. The van der Waals surface area contributed by atoms with Crippen molar-refractivity contribution in [2.24, 2.45) is 0 Å². The molecule has 0 aliphatic heterocycles. The van der Waals surface area contributed by atoms with Gasteiger partial charge >= 0.3 is 5.97 Å². The summed E-state index contributed by atoms with van der Waals surface area (Å²) in [6.07, 6.45) is 4.78. The van der Waals surface area contributed by atoms with E-state index in [1.165, 1.54) is 38.8 Å². The van der Waals surface area contributed by atoms with Gasteiger partial charge in [0, 0.05) is 60.1 Å². The SMILES string of the molecule is C=C(C)C(=O)OC1CCCCC1Nc1ccc(C(c2ccc(N(CC)CC)cc2)c2ccc(N(CC)CC)cc2)c2ccccc12.C=CC(=O)N(F)C(C)(C)C.O. The fourth-order valence-electron chi connectivity index (χ4n) is 7.44. The van der Waals surface area contributed by atoms with E-state index in [9.17, 15) is 14.1 Å². The van der Waals surface area contributed by atoms with Crippen molar-refractivity contribution in [2.75, 3.05) is 41.3 Å². The minimum absolute atomic E-state index is 0. The van der Waals surface area contributed by atoms with Crippen molar-refractivity contribution in [3.8, 4) is 0 Å². The average Bonchev–Trinajstić information content (AvgIpc) is 3.20. The Hall–Kier alpha value is -5.15. The van der Waals surface area contributed by atoms with Gasteiger partial charge in [-0.3, -0.25) is 4.79 Å². The quantitative estimate of drug-likeness (QED) is 0.0592. The van der Waals surface area contributed by atoms with Crippen LogP contribution >= 0.6 is 0 Å². The molecule has 4 aromatic rings. The summed E-state index contributed by atoms with van der Waals surface area (Å²) in [5, 5.41) is 6.37. The zero-order valence-electron chi connectivity index (χ0n) is 35.4. The summed E-state index contributed by atoms with van der Waals surface area (Å²) in [6.45, 7) is 26.3. The van der Waals surface area contributed by atoms with Crippen molar-refractivity contribution in [3.63, 3.8) is 0 Å². The maximum absolute atomic E-state index is 12.7. The van der Waals surface area contributed by atoms with Crippen LogP contribution in [0, 0.1) is 0 Å². The zero-order chi connectivity index (χ0) is 41.0. The standard InChI is InChI=1S/C41H51N3O2.C7H12FNO.H2O/c1-7-43(8-2)32-23-19-30(20-24-32)40(31-21-25-33(26-22-31)44(9-3)10-4)36-27-28-37(35-16-12-11-15-34(35)36)42-38-17-13-14-18-39(38)46-41(45)29(5)6;1-5-6(10)9(8)7(2,3)4;/h11-12,15-16,19-28,38-40,42H,5,7-10,13-14,17-18H2,1-4,6H3;5H,1H2,2-4H3;1H2. The number of anilines is 3. The van der Waals surface area contributed by atoms with Gasteiger partial charge in [-0.05, 0) is 133 Å². The number of halogens is 1. The highest BCUT2D eigenvalue weighted by atomic mass is 19.2. The number of nitrogens with zero attached hydrogens (tertiary/aromatic N) is 3. The van der Waals surface area contributed by atoms with Crippen LogP contribution in [-0.2, 0) is 14.3 Å². The number of fused-ring (bicyclic) bond motifs is 1. The number of carbonyl (C=O) groups excluding carboxylic acids is 2. The fraction of sp³-hybridized carbons (Fsp3) is 0.417. The molecular weight excluding hydrogens is 716 g/mol. The molecule has 1 aliphatic rings. The Morgan fingerprint density at radius 3 is 1.74 bits per heavy atom. The van der Waals surface area contributed by atoms with Crippen molar-refractivity contribution < 1.29 is 24.3 Å². The molecular formula is C48H65FN4O4. The monoisotopic (exact) mass is 780 g/mol. The third kappa shape index (κ3) is 11.7. The molecule has 0 heterocycles. The van der Waals surface area contributed by atoms with Gasteiger partial charge in [0.1, 0.15) is 6.10 Å². The van der Waals surface area contributed by atoms with Gasteiger partial charge in [-0.2, -0.15) is 5.12 Å². The van der Waals surface area contributed by atoms with E-state index in [-0.39, 0.29) is 34.6 Å². The number of ether oxygens (including phenoxy) is 1. The number of rotatable bonds is 14. The molecule has 8 nitrogen and oxygen atoms in total. The van der Waals surface area contributed by atoms with E-state index in [1.807, 2.05) is 0 Å². The Bertz CT molecular complexity index is 1860. The highest BCUT2D eigenvalue weighted by Crippen LogP contribution is 2.40. The number of esters is 1. The van der Waals surface area contributed by atoms with E-state index < -0.39 is 11.4 Å². The number of nitrogens with one attached hydrogen (secondary N) is 1. The molecule has 4 aromatic carbocycles. The van der Waals surface area contributed by atoms with Crippen LogP contribution in [0.5, 0.6) is 0 Å². The van der Waals surface area contributed by atoms with Gasteiger partial charge in [0.15, 0.2) is 0 Å². The number of hydrogen-bond acceptors (Lipinski definition) is 6. The maximum Gasteiger partial charge on any atom is 0.333 e. The molecule has 2 atom stereocenters. The Morgan fingerprint density at radius 2 is 1.30 bits per heavy atom. The molecule has 0 spiro atoms. The van der Waals surface area contributed by atoms with E-state index in [2.05, 4.69) is 141 Å². The summed E-state index contributed by atoms with van der Waals surface area (Å²) >= 11 is 0. The van der Waals surface area contributed by atoms with Gasteiger partial charge in [-0.1, -0.05) is 78.7 Å². The molecule has 0 aromatic heterocycles. The van der Waals surface area contributed by atoms with Gasteiger partial charge in [-0.25, -0.2) is 4.79 Å². The summed E-state index contributed by atoms with van der Waals surface area (Å²) in [7, 11) is 0. The van der Waals surface area contributed by atoms with Crippen LogP contribution < -0.4 is 15.1 Å². The second kappa shape index (κ2) is 21.4. The number of hydrogen-bond donors (Lipinski definition) is 1.